The SMILES string of the molecule is CC(C)(C)c1nc(CSCC2CNC2)no1. The Balaban J connectivity index is 1.78. The minimum atomic E-state index is -0.0478. The van der Waals surface area contributed by atoms with Crippen molar-refractivity contribution in [3.05, 3.63) is 11.7 Å². The molecule has 2 heterocycles. The fraction of sp³-hybridized carbons (Fsp3) is 0.818. The van der Waals surface area contributed by atoms with Crippen molar-refractivity contribution in [2.24, 2.45) is 5.92 Å². The first kappa shape index (κ1) is 11.9. The van der Waals surface area contributed by atoms with Crippen molar-refractivity contribution in [1.82, 2.24) is 15.5 Å². The highest BCUT2D eigenvalue weighted by atomic mass is 32.2. The van der Waals surface area contributed by atoms with E-state index in [0.717, 1.165) is 36.5 Å². The first-order chi connectivity index (χ1) is 7.55. The van der Waals surface area contributed by atoms with Gasteiger partial charge in [0.2, 0.25) is 5.89 Å². The standard InChI is InChI=1S/C11H19N3OS/c1-11(2,3)10-13-9(14-15-10)7-16-6-8-4-12-5-8/h8,12H,4-7H2,1-3H3. The van der Waals surface area contributed by atoms with E-state index in [1.165, 1.54) is 5.75 Å². The highest BCUT2D eigenvalue weighted by Crippen LogP contribution is 2.21. The van der Waals surface area contributed by atoms with Crippen LogP contribution in [0.15, 0.2) is 4.52 Å². The number of aromatic nitrogens is 2. The van der Waals surface area contributed by atoms with Crippen LogP contribution in [0.1, 0.15) is 32.5 Å². The molecule has 1 saturated heterocycles. The van der Waals surface area contributed by atoms with Gasteiger partial charge in [0.1, 0.15) is 0 Å². The zero-order valence-corrected chi connectivity index (χ0v) is 10.9. The number of hydrogen-bond acceptors (Lipinski definition) is 5. The third-order valence-corrected chi connectivity index (χ3v) is 3.73. The molecule has 1 N–H and O–H groups in total. The van der Waals surface area contributed by atoms with Crippen LogP contribution in [-0.2, 0) is 11.2 Å². The molecule has 0 aromatic carbocycles. The third kappa shape index (κ3) is 2.98. The minimum Gasteiger partial charge on any atom is -0.339 e. The van der Waals surface area contributed by atoms with Gasteiger partial charge in [-0.25, -0.2) is 0 Å². The Morgan fingerprint density at radius 3 is 2.69 bits per heavy atom. The van der Waals surface area contributed by atoms with Crippen LogP contribution in [0.3, 0.4) is 0 Å². The van der Waals surface area contributed by atoms with Crippen molar-refractivity contribution in [1.29, 1.82) is 0 Å². The van der Waals surface area contributed by atoms with Gasteiger partial charge < -0.3 is 9.84 Å². The maximum atomic E-state index is 5.24. The van der Waals surface area contributed by atoms with Crippen LogP contribution in [0.4, 0.5) is 0 Å². The normalized spacial score (nSPS) is 17.4. The van der Waals surface area contributed by atoms with Gasteiger partial charge in [-0.1, -0.05) is 25.9 Å². The van der Waals surface area contributed by atoms with Gasteiger partial charge >= 0.3 is 0 Å². The van der Waals surface area contributed by atoms with Crippen LogP contribution in [0.5, 0.6) is 0 Å². The van der Waals surface area contributed by atoms with Crippen LogP contribution >= 0.6 is 11.8 Å². The summed E-state index contributed by atoms with van der Waals surface area (Å²) in [6.45, 7) is 8.56. The quantitative estimate of drug-likeness (QED) is 0.871. The molecule has 0 spiro atoms. The average Bonchev–Trinajstić information content (AvgIpc) is 2.56. The van der Waals surface area contributed by atoms with Gasteiger partial charge in [0, 0.05) is 5.41 Å². The molecule has 1 aliphatic rings. The summed E-state index contributed by atoms with van der Waals surface area (Å²) in [7, 11) is 0. The molecule has 1 aliphatic heterocycles. The largest absolute Gasteiger partial charge is 0.339 e. The van der Waals surface area contributed by atoms with Crippen molar-refractivity contribution >= 4 is 11.8 Å². The minimum absolute atomic E-state index is 0.0478. The maximum Gasteiger partial charge on any atom is 0.232 e. The molecule has 0 radical (unpaired) electrons. The predicted octanol–water partition coefficient (Wildman–Crippen LogP) is 1.82. The Hall–Kier alpha value is -0.550. The van der Waals surface area contributed by atoms with Gasteiger partial charge in [0.25, 0.3) is 0 Å². The molecule has 1 aromatic heterocycles. The van der Waals surface area contributed by atoms with E-state index in [9.17, 15) is 0 Å². The predicted molar refractivity (Wildman–Crippen MR) is 65.5 cm³/mol. The first-order valence-electron chi connectivity index (χ1n) is 5.67. The van der Waals surface area contributed by atoms with Gasteiger partial charge in [0.15, 0.2) is 5.82 Å². The van der Waals surface area contributed by atoms with Crippen LogP contribution in [0.25, 0.3) is 0 Å². The second kappa shape index (κ2) is 4.75. The molecular formula is C11H19N3OS. The summed E-state index contributed by atoms with van der Waals surface area (Å²) in [5.41, 5.74) is -0.0478. The van der Waals surface area contributed by atoms with E-state index < -0.39 is 0 Å². The lowest BCUT2D eigenvalue weighted by Gasteiger charge is -2.26. The van der Waals surface area contributed by atoms with E-state index in [1.54, 1.807) is 0 Å². The molecule has 16 heavy (non-hydrogen) atoms. The second-order valence-electron chi connectivity index (χ2n) is 5.31. The molecule has 1 fully saturated rings. The van der Waals surface area contributed by atoms with Crippen LogP contribution in [-0.4, -0.2) is 29.0 Å². The molecule has 0 aliphatic carbocycles. The molecule has 2 rings (SSSR count). The lowest BCUT2D eigenvalue weighted by Crippen LogP contribution is -2.43. The van der Waals surface area contributed by atoms with Gasteiger partial charge in [-0.3, -0.25) is 0 Å². The lowest BCUT2D eigenvalue weighted by molar-refractivity contribution is 0.319. The van der Waals surface area contributed by atoms with Crippen molar-refractivity contribution in [3.8, 4) is 0 Å². The van der Waals surface area contributed by atoms with Crippen molar-refractivity contribution in [3.63, 3.8) is 0 Å². The number of hydrogen-bond donors (Lipinski definition) is 1. The summed E-state index contributed by atoms with van der Waals surface area (Å²) < 4.78 is 5.24. The number of nitrogens with one attached hydrogen (secondary N) is 1. The third-order valence-electron chi connectivity index (χ3n) is 2.56. The summed E-state index contributed by atoms with van der Waals surface area (Å²) in [6, 6.07) is 0. The first-order valence-corrected chi connectivity index (χ1v) is 6.82. The molecule has 0 bridgehead atoms. The molecule has 1 aromatic rings. The van der Waals surface area contributed by atoms with Gasteiger partial charge in [0.05, 0.1) is 5.75 Å². The molecule has 0 amide bonds. The van der Waals surface area contributed by atoms with E-state index in [2.05, 4.69) is 36.2 Å². The molecule has 0 atom stereocenters. The number of thioether (sulfide) groups is 1. The van der Waals surface area contributed by atoms with E-state index in [1.807, 2.05) is 11.8 Å². The summed E-state index contributed by atoms with van der Waals surface area (Å²) in [6.07, 6.45) is 0. The molecule has 90 valence electrons. The Kier molecular flexibility index (Phi) is 3.54. The number of nitrogens with zero attached hydrogens (tertiary/aromatic N) is 2. The van der Waals surface area contributed by atoms with E-state index in [-0.39, 0.29) is 5.41 Å². The molecule has 0 unspecified atom stereocenters. The topological polar surface area (TPSA) is 51.0 Å². The summed E-state index contributed by atoms with van der Waals surface area (Å²) >= 11 is 1.89. The second-order valence-corrected chi connectivity index (χ2v) is 6.34. The molecule has 4 nitrogen and oxygen atoms in total. The summed E-state index contributed by atoms with van der Waals surface area (Å²) in [4.78, 5) is 4.41. The van der Waals surface area contributed by atoms with Gasteiger partial charge in [-0.05, 0) is 24.8 Å². The summed E-state index contributed by atoms with van der Waals surface area (Å²) in [5.74, 6) is 4.43. The van der Waals surface area contributed by atoms with Crippen LogP contribution in [0, 0.1) is 5.92 Å². The Morgan fingerprint density at radius 1 is 1.44 bits per heavy atom. The molecule has 5 heteroatoms. The zero-order chi connectivity index (χ0) is 11.6. The molecule has 0 saturated carbocycles. The van der Waals surface area contributed by atoms with Crippen LogP contribution < -0.4 is 5.32 Å². The van der Waals surface area contributed by atoms with E-state index in [0.29, 0.717) is 0 Å². The van der Waals surface area contributed by atoms with Gasteiger partial charge in [-0.2, -0.15) is 16.7 Å². The molecular weight excluding hydrogens is 222 g/mol. The lowest BCUT2D eigenvalue weighted by atomic mass is 9.97. The number of rotatable bonds is 4. The monoisotopic (exact) mass is 241 g/mol. The Bertz CT molecular complexity index is 341. The summed E-state index contributed by atoms with van der Waals surface area (Å²) in [5, 5.41) is 7.27. The fourth-order valence-electron chi connectivity index (χ4n) is 1.40. The average molecular weight is 241 g/mol. The Labute approximate surface area is 101 Å². The van der Waals surface area contributed by atoms with E-state index >= 15 is 0 Å². The maximum absolute atomic E-state index is 5.24. The van der Waals surface area contributed by atoms with Crippen molar-refractivity contribution in [2.45, 2.75) is 31.9 Å². The highest BCUT2D eigenvalue weighted by molar-refractivity contribution is 7.98. The highest BCUT2D eigenvalue weighted by Gasteiger charge is 2.22. The zero-order valence-electron chi connectivity index (χ0n) is 10.1. The van der Waals surface area contributed by atoms with Crippen LogP contribution in [0.2, 0.25) is 0 Å². The Morgan fingerprint density at radius 2 is 2.19 bits per heavy atom. The van der Waals surface area contributed by atoms with Gasteiger partial charge in [-0.15, -0.1) is 0 Å². The smallest absolute Gasteiger partial charge is 0.232 e. The van der Waals surface area contributed by atoms with Crippen molar-refractivity contribution < 1.29 is 4.52 Å². The fourth-order valence-corrected chi connectivity index (χ4v) is 2.39. The van der Waals surface area contributed by atoms with Crippen molar-refractivity contribution in [2.75, 3.05) is 18.8 Å². The van der Waals surface area contributed by atoms with E-state index in [4.69, 9.17) is 4.52 Å².